The minimum Gasteiger partial charge on any atom is -0.309 e. The van der Waals surface area contributed by atoms with Crippen molar-refractivity contribution in [1.82, 2.24) is 9.55 Å². The van der Waals surface area contributed by atoms with Crippen LogP contribution in [0.1, 0.15) is 22.3 Å². The molecule has 13 rings (SSSR count). The van der Waals surface area contributed by atoms with Crippen LogP contribution in [-0.2, 0) is 5.41 Å². The molecule has 0 radical (unpaired) electrons. The van der Waals surface area contributed by atoms with E-state index in [9.17, 15) is 0 Å². The van der Waals surface area contributed by atoms with Gasteiger partial charge in [0.25, 0.3) is 0 Å². The maximum absolute atomic E-state index is 5.58. The SMILES string of the molecule is c1ccc(-c2cc(-c3ccc(-n4c5ccc6ccccc6c5c5c6ccccc6ccc54)cc3)nc3cc4c(cc23)-c2ccccc2C4(c2ccccc2)c2ccccc2)cc1. The molecule has 0 N–H and O–H groups in total. The largest absolute Gasteiger partial charge is 0.309 e. The molecular formula is C60H38N2. The Balaban J connectivity index is 1.04. The highest BCUT2D eigenvalue weighted by atomic mass is 15.0. The lowest BCUT2D eigenvalue weighted by molar-refractivity contribution is 0.769. The van der Waals surface area contributed by atoms with E-state index >= 15 is 0 Å². The zero-order chi connectivity index (χ0) is 40.8. The molecule has 288 valence electrons. The van der Waals surface area contributed by atoms with E-state index in [1.165, 1.54) is 87.9 Å². The van der Waals surface area contributed by atoms with Gasteiger partial charge in [-0.25, -0.2) is 4.98 Å². The second kappa shape index (κ2) is 13.5. The highest BCUT2D eigenvalue weighted by Crippen LogP contribution is 2.57. The van der Waals surface area contributed by atoms with Gasteiger partial charge < -0.3 is 4.57 Å². The Bertz CT molecular complexity index is 3580. The van der Waals surface area contributed by atoms with Crippen LogP contribution < -0.4 is 0 Å². The molecule has 0 aliphatic heterocycles. The molecule has 0 atom stereocenters. The van der Waals surface area contributed by atoms with Crippen LogP contribution in [0.15, 0.2) is 231 Å². The smallest absolute Gasteiger partial charge is 0.0719 e. The molecule has 62 heavy (non-hydrogen) atoms. The second-order valence-electron chi connectivity index (χ2n) is 16.6. The number of hydrogen-bond donors (Lipinski definition) is 0. The van der Waals surface area contributed by atoms with Crippen molar-refractivity contribution in [2.75, 3.05) is 0 Å². The third kappa shape index (κ3) is 4.95. The molecule has 10 aromatic carbocycles. The molecule has 2 heteroatoms. The number of fused-ring (bicyclic) bond motifs is 11. The minimum absolute atomic E-state index is 0.506. The Hall–Kier alpha value is -8.07. The van der Waals surface area contributed by atoms with Crippen LogP contribution in [0, 0.1) is 0 Å². The Morgan fingerprint density at radius 2 is 0.903 bits per heavy atom. The number of pyridine rings is 1. The number of rotatable bonds is 5. The molecule has 1 aliphatic carbocycles. The standard InChI is InChI=1S/C60H38N2/c1-4-16-39(17-5-1)49-37-54(61-55-38-53-50(36-51(49)55)48-26-14-15-27-52(48)60(53,43-20-6-2-7-21-43)44-22-8-3-9-23-44)42-28-32-45(33-29-42)62-56-34-30-40-18-10-12-24-46(40)58(56)59-47-25-13-11-19-41(47)31-35-57(59)62/h1-38H. The zero-order valence-corrected chi connectivity index (χ0v) is 33.8. The quantitative estimate of drug-likeness (QED) is 0.170. The first kappa shape index (κ1) is 34.8. The third-order valence-electron chi connectivity index (χ3n) is 13.4. The topological polar surface area (TPSA) is 17.8 Å². The molecule has 0 bridgehead atoms. The third-order valence-corrected chi connectivity index (χ3v) is 13.4. The van der Waals surface area contributed by atoms with Crippen LogP contribution in [0.3, 0.4) is 0 Å². The van der Waals surface area contributed by atoms with Crippen LogP contribution in [0.5, 0.6) is 0 Å². The molecule has 0 fully saturated rings. The Morgan fingerprint density at radius 1 is 0.355 bits per heavy atom. The summed E-state index contributed by atoms with van der Waals surface area (Å²) in [6.07, 6.45) is 0. The van der Waals surface area contributed by atoms with Gasteiger partial charge in [-0.2, -0.15) is 0 Å². The highest BCUT2D eigenvalue weighted by Gasteiger charge is 2.46. The molecule has 0 spiro atoms. The summed E-state index contributed by atoms with van der Waals surface area (Å²) >= 11 is 0. The van der Waals surface area contributed by atoms with Gasteiger partial charge in [0.05, 0.1) is 27.7 Å². The van der Waals surface area contributed by atoms with Crippen molar-refractivity contribution in [3.05, 3.63) is 253 Å². The van der Waals surface area contributed by atoms with E-state index in [0.29, 0.717) is 0 Å². The average Bonchev–Trinajstić information content (AvgIpc) is 3.85. The predicted molar refractivity (Wildman–Crippen MR) is 259 cm³/mol. The molecule has 1 aliphatic rings. The number of hydrogen-bond acceptors (Lipinski definition) is 1. The second-order valence-corrected chi connectivity index (χ2v) is 16.6. The van der Waals surface area contributed by atoms with Crippen molar-refractivity contribution >= 4 is 54.3 Å². The van der Waals surface area contributed by atoms with Crippen LogP contribution in [-0.4, -0.2) is 9.55 Å². The van der Waals surface area contributed by atoms with Crippen LogP contribution in [0.2, 0.25) is 0 Å². The molecule has 2 heterocycles. The number of aromatic nitrogens is 2. The van der Waals surface area contributed by atoms with E-state index in [2.05, 4.69) is 235 Å². The number of nitrogens with zero attached hydrogens (tertiary/aromatic N) is 2. The van der Waals surface area contributed by atoms with Crippen molar-refractivity contribution in [2.45, 2.75) is 5.41 Å². The van der Waals surface area contributed by atoms with Gasteiger partial charge in [-0.05, 0) is 109 Å². The molecule has 0 saturated carbocycles. The monoisotopic (exact) mass is 786 g/mol. The number of benzene rings is 10. The van der Waals surface area contributed by atoms with Crippen LogP contribution >= 0.6 is 0 Å². The first-order chi connectivity index (χ1) is 30.8. The summed E-state index contributed by atoms with van der Waals surface area (Å²) in [6, 6.07) is 84.5. The lowest BCUT2D eigenvalue weighted by Gasteiger charge is -2.34. The van der Waals surface area contributed by atoms with Crippen LogP contribution in [0.25, 0.3) is 93.5 Å². The van der Waals surface area contributed by atoms with E-state index in [-0.39, 0.29) is 0 Å². The Kier molecular flexibility index (Phi) is 7.55. The molecule has 0 unspecified atom stereocenters. The van der Waals surface area contributed by atoms with E-state index in [1.807, 2.05) is 0 Å². The van der Waals surface area contributed by atoms with Gasteiger partial charge in [-0.3, -0.25) is 0 Å². The summed E-state index contributed by atoms with van der Waals surface area (Å²) in [5, 5.41) is 8.77. The highest BCUT2D eigenvalue weighted by molar-refractivity contribution is 6.28. The predicted octanol–water partition coefficient (Wildman–Crippen LogP) is 15.3. The summed E-state index contributed by atoms with van der Waals surface area (Å²) < 4.78 is 2.43. The van der Waals surface area contributed by atoms with Gasteiger partial charge in [0.2, 0.25) is 0 Å². The Morgan fingerprint density at radius 3 is 1.53 bits per heavy atom. The fourth-order valence-electron chi connectivity index (χ4n) is 10.8. The zero-order valence-electron chi connectivity index (χ0n) is 33.8. The van der Waals surface area contributed by atoms with E-state index < -0.39 is 5.41 Å². The van der Waals surface area contributed by atoms with E-state index in [0.717, 1.165) is 27.8 Å². The molecule has 0 amide bonds. The summed E-state index contributed by atoms with van der Waals surface area (Å²) in [7, 11) is 0. The summed E-state index contributed by atoms with van der Waals surface area (Å²) in [4.78, 5) is 5.58. The fourth-order valence-corrected chi connectivity index (χ4v) is 10.8. The van der Waals surface area contributed by atoms with Crippen molar-refractivity contribution in [1.29, 1.82) is 0 Å². The van der Waals surface area contributed by atoms with Crippen molar-refractivity contribution < 1.29 is 0 Å². The normalized spacial score (nSPS) is 13.0. The lowest BCUT2D eigenvalue weighted by Crippen LogP contribution is -2.28. The first-order valence-corrected chi connectivity index (χ1v) is 21.5. The molecular weight excluding hydrogens is 749 g/mol. The van der Waals surface area contributed by atoms with Crippen molar-refractivity contribution in [3.63, 3.8) is 0 Å². The van der Waals surface area contributed by atoms with E-state index in [4.69, 9.17) is 4.98 Å². The van der Waals surface area contributed by atoms with Crippen molar-refractivity contribution in [2.24, 2.45) is 0 Å². The maximum Gasteiger partial charge on any atom is 0.0719 e. The van der Waals surface area contributed by atoms with Crippen LogP contribution in [0.4, 0.5) is 0 Å². The maximum atomic E-state index is 5.58. The molecule has 0 saturated heterocycles. The molecule has 2 aromatic heterocycles. The summed E-state index contributed by atoms with van der Waals surface area (Å²) in [5.74, 6) is 0. The summed E-state index contributed by atoms with van der Waals surface area (Å²) in [6.45, 7) is 0. The fraction of sp³-hybridized carbons (Fsp3) is 0.0167. The van der Waals surface area contributed by atoms with Gasteiger partial charge in [-0.1, -0.05) is 188 Å². The molecule has 12 aromatic rings. The van der Waals surface area contributed by atoms with Crippen molar-refractivity contribution in [3.8, 4) is 39.2 Å². The van der Waals surface area contributed by atoms with E-state index in [1.54, 1.807) is 0 Å². The first-order valence-electron chi connectivity index (χ1n) is 21.5. The lowest BCUT2D eigenvalue weighted by atomic mass is 9.67. The van der Waals surface area contributed by atoms with Gasteiger partial charge in [-0.15, -0.1) is 0 Å². The van der Waals surface area contributed by atoms with Gasteiger partial charge >= 0.3 is 0 Å². The molecule has 2 nitrogen and oxygen atoms in total. The van der Waals surface area contributed by atoms with Gasteiger partial charge in [0, 0.05) is 27.4 Å². The summed E-state index contributed by atoms with van der Waals surface area (Å²) in [5.41, 5.74) is 15.9. The Labute approximate surface area is 359 Å². The minimum atomic E-state index is -0.506. The average molecular weight is 787 g/mol. The van der Waals surface area contributed by atoms with Gasteiger partial charge in [0.15, 0.2) is 0 Å². The van der Waals surface area contributed by atoms with Gasteiger partial charge in [0.1, 0.15) is 0 Å².